The molecule has 0 saturated heterocycles. The molecule has 7 heteroatoms. The van der Waals surface area contributed by atoms with Crippen molar-refractivity contribution in [2.45, 2.75) is 19.2 Å². The lowest BCUT2D eigenvalue weighted by Crippen LogP contribution is -2.39. The molecule has 2 aromatic rings. The van der Waals surface area contributed by atoms with Gasteiger partial charge in [0.2, 0.25) is 0 Å². The number of halogens is 1. The fraction of sp³-hybridized carbons (Fsp3) is 0.421. The highest BCUT2D eigenvalue weighted by molar-refractivity contribution is 7.84. The van der Waals surface area contributed by atoms with E-state index in [0.717, 1.165) is 28.8 Å². The van der Waals surface area contributed by atoms with Gasteiger partial charge in [0.1, 0.15) is 0 Å². The molecule has 1 atom stereocenters. The van der Waals surface area contributed by atoms with Gasteiger partial charge in [-0.25, -0.2) is 0 Å². The van der Waals surface area contributed by atoms with Crippen molar-refractivity contribution in [1.82, 2.24) is 14.8 Å². The van der Waals surface area contributed by atoms with Gasteiger partial charge in [-0.1, -0.05) is 41.9 Å². The molecule has 1 heterocycles. The Balaban J connectivity index is 1.90. The summed E-state index contributed by atoms with van der Waals surface area (Å²) in [7, 11) is 3.05. The number of guanidine groups is 1. The van der Waals surface area contributed by atoms with Crippen LogP contribution in [0.2, 0.25) is 5.02 Å². The number of aliphatic imine (C=N–C) groups is 1. The molecule has 0 spiro atoms. The fourth-order valence-electron chi connectivity index (χ4n) is 2.60. The summed E-state index contributed by atoms with van der Waals surface area (Å²) >= 11 is 6.06. The zero-order valence-corrected chi connectivity index (χ0v) is 17.2. The van der Waals surface area contributed by atoms with Crippen molar-refractivity contribution >= 4 is 28.4 Å². The first kappa shape index (κ1) is 20.5. The normalized spacial score (nSPS) is 12.8. The number of aryl methyl sites for hydroxylation is 1. The van der Waals surface area contributed by atoms with Gasteiger partial charge in [-0.3, -0.25) is 9.20 Å². The van der Waals surface area contributed by atoms with Gasteiger partial charge < -0.3 is 14.8 Å². The summed E-state index contributed by atoms with van der Waals surface area (Å²) in [5.74, 6) is 1.93. The van der Waals surface area contributed by atoms with Crippen LogP contribution >= 0.6 is 11.6 Å². The SMILES string of the molecule is CCNC(=NCCS(=O)Cc1ccccc1)N(C)Cc1cc(Cl)cn1C. The van der Waals surface area contributed by atoms with E-state index in [1.807, 2.05) is 68.2 Å². The number of nitrogens with zero attached hydrogens (tertiary/aromatic N) is 3. The first-order chi connectivity index (χ1) is 12.5. The third kappa shape index (κ3) is 6.50. The Labute approximate surface area is 163 Å². The topological polar surface area (TPSA) is 49.6 Å². The molecule has 0 aliphatic carbocycles. The lowest BCUT2D eigenvalue weighted by atomic mass is 10.2. The van der Waals surface area contributed by atoms with Crippen molar-refractivity contribution in [3.63, 3.8) is 0 Å². The molecule has 26 heavy (non-hydrogen) atoms. The van der Waals surface area contributed by atoms with Crippen LogP contribution < -0.4 is 5.32 Å². The molecule has 0 fully saturated rings. The number of rotatable bonds is 8. The lowest BCUT2D eigenvalue weighted by Gasteiger charge is -2.22. The van der Waals surface area contributed by atoms with Gasteiger partial charge in [0.25, 0.3) is 0 Å². The average Bonchev–Trinajstić information content (AvgIpc) is 2.92. The number of benzene rings is 1. The van der Waals surface area contributed by atoms with Crippen LogP contribution in [-0.4, -0.2) is 45.5 Å². The maximum Gasteiger partial charge on any atom is 0.194 e. The predicted octanol–water partition coefficient (Wildman–Crippen LogP) is 3.02. The number of nitrogens with one attached hydrogen (secondary N) is 1. The second-order valence-corrected chi connectivity index (χ2v) is 8.14. The zero-order valence-electron chi connectivity index (χ0n) is 15.6. The van der Waals surface area contributed by atoms with Gasteiger partial charge in [0.15, 0.2) is 5.96 Å². The van der Waals surface area contributed by atoms with Crippen molar-refractivity contribution in [3.05, 3.63) is 58.9 Å². The summed E-state index contributed by atoms with van der Waals surface area (Å²) in [6.07, 6.45) is 1.89. The van der Waals surface area contributed by atoms with E-state index in [0.29, 0.717) is 24.6 Å². The quantitative estimate of drug-likeness (QED) is 0.553. The van der Waals surface area contributed by atoms with E-state index < -0.39 is 10.8 Å². The number of hydrogen-bond donors (Lipinski definition) is 1. The molecule has 1 aromatic carbocycles. The summed E-state index contributed by atoms with van der Waals surface area (Å²) in [4.78, 5) is 6.67. The molecule has 0 amide bonds. The van der Waals surface area contributed by atoms with E-state index in [2.05, 4.69) is 15.2 Å². The van der Waals surface area contributed by atoms with Gasteiger partial charge in [-0.15, -0.1) is 0 Å². The molecular weight excluding hydrogens is 368 g/mol. The largest absolute Gasteiger partial charge is 0.357 e. The minimum Gasteiger partial charge on any atom is -0.357 e. The Hall–Kier alpha value is -1.79. The van der Waals surface area contributed by atoms with Crippen LogP contribution in [0.4, 0.5) is 0 Å². The first-order valence-electron chi connectivity index (χ1n) is 8.68. The van der Waals surface area contributed by atoms with Crippen LogP contribution in [0.3, 0.4) is 0 Å². The molecule has 2 rings (SSSR count). The number of hydrogen-bond acceptors (Lipinski definition) is 2. The van der Waals surface area contributed by atoms with Crippen molar-refractivity contribution in [1.29, 1.82) is 0 Å². The number of aromatic nitrogens is 1. The highest BCUT2D eigenvalue weighted by Gasteiger charge is 2.10. The molecule has 0 aliphatic heterocycles. The van der Waals surface area contributed by atoms with Gasteiger partial charge in [0.05, 0.1) is 18.1 Å². The molecule has 142 valence electrons. The molecule has 0 saturated carbocycles. The summed E-state index contributed by atoms with van der Waals surface area (Å²) in [5.41, 5.74) is 2.20. The van der Waals surface area contributed by atoms with Gasteiger partial charge in [-0.2, -0.15) is 0 Å². The van der Waals surface area contributed by atoms with E-state index in [1.54, 1.807) is 0 Å². The van der Waals surface area contributed by atoms with Crippen LogP contribution in [0.5, 0.6) is 0 Å². The van der Waals surface area contributed by atoms with Crippen molar-refractivity contribution in [2.75, 3.05) is 25.9 Å². The Bertz CT molecular complexity index is 745. The summed E-state index contributed by atoms with van der Waals surface area (Å²) in [6, 6.07) is 11.9. The summed E-state index contributed by atoms with van der Waals surface area (Å²) in [5, 5.41) is 4.02. The highest BCUT2D eigenvalue weighted by atomic mass is 35.5. The van der Waals surface area contributed by atoms with Crippen molar-refractivity contribution in [3.8, 4) is 0 Å². The van der Waals surface area contributed by atoms with E-state index in [-0.39, 0.29) is 0 Å². The predicted molar refractivity (Wildman–Crippen MR) is 111 cm³/mol. The Kier molecular flexibility index (Phi) is 8.19. The molecular formula is C19H27ClN4OS. The van der Waals surface area contributed by atoms with Gasteiger partial charge >= 0.3 is 0 Å². The maximum atomic E-state index is 12.2. The minimum atomic E-state index is -0.918. The molecule has 1 unspecified atom stereocenters. The summed E-state index contributed by atoms with van der Waals surface area (Å²) < 4.78 is 14.3. The Morgan fingerprint density at radius 3 is 2.69 bits per heavy atom. The summed E-state index contributed by atoms with van der Waals surface area (Å²) in [6.45, 7) is 4.04. The van der Waals surface area contributed by atoms with Crippen LogP contribution in [0, 0.1) is 0 Å². The van der Waals surface area contributed by atoms with E-state index in [9.17, 15) is 4.21 Å². The Morgan fingerprint density at radius 1 is 1.35 bits per heavy atom. The average molecular weight is 395 g/mol. The molecule has 1 N–H and O–H groups in total. The third-order valence-corrected chi connectivity index (χ3v) is 5.42. The minimum absolute atomic E-state index is 0.528. The molecule has 5 nitrogen and oxygen atoms in total. The first-order valence-corrected chi connectivity index (χ1v) is 10.5. The molecule has 0 radical (unpaired) electrons. The second-order valence-electron chi connectivity index (χ2n) is 6.13. The Morgan fingerprint density at radius 2 is 2.08 bits per heavy atom. The van der Waals surface area contributed by atoms with Crippen LogP contribution in [-0.2, 0) is 30.1 Å². The monoisotopic (exact) mass is 394 g/mol. The molecule has 0 aliphatic rings. The lowest BCUT2D eigenvalue weighted by molar-refractivity contribution is 0.462. The third-order valence-electron chi connectivity index (χ3n) is 3.92. The van der Waals surface area contributed by atoms with E-state index >= 15 is 0 Å². The van der Waals surface area contributed by atoms with Gasteiger partial charge in [-0.05, 0) is 18.6 Å². The van der Waals surface area contributed by atoms with Crippen molar-refractivity contribution < 1.29 is 4.21 Å². The van der Waals surface area contributed by atoms with E-state index in [4.69, 9.17) is 11.6 Å². The van der Waals surface area contributed by atoms with Crippen molar-refractivity contribution in [2.24, 2.45) is 12.0 Å². The smallest absolute Gasteiger partial charge is 0.194 e. The molecule has 1 aromatic heterocycles. The zero-order chi connectivity index (χ0) is 18.9. The van der Waals surface area contributed by atoms with E-state index in [1.165, 1.54) is 0 Å². The van der Waals surface area contributed by atoms with Crippen LogP contribution in [0.1, 0.15) is 18.2 Å². The highest BCUT2D eigenvalue weighted by Crippen LogP contribution is 2.14. The molecule has 0 bridgehead atoms. The van der Waals surface area contributed by atoms with Crippen LogP contribution in [0.25, 0.3) is 0 Å². The van der Waals surface area contributed by atoms with Gasteiger partial charge in [0, 0.05) is 54.8 Å². The van der Waals surface area contributed by atoms with Crippen LogP contribution in [0.15, 0.2) is 47.6 Å². The standard InChI is InChI=1S/C19H27ClN4OS/c1-4-21-19(24(3)14-18-12-17(20)13-23(18)2)22-10-11-26(25)15-16-8-6-5-7-9-16/h5-9,12-13H,4,10-11,14-15H2,1-3H3,(H,21,22). The maximum absolute atomic E-state index is 12.2. The fourth-order valence-corrected chi connectivity index (χ4v) is 3.87. The second kappa shape index (κ2) is 10.4.